The Hall–Kier alpha value is -1.40. The van der Waals surface area contributed by atoms with Crippen LogP contribution >= 0.6 is 0 Å². The third-order valence-electron chi connectivity index (χ3n) is 4.79. The minimum absolute atomic E-state index is 0.0225. The van der Waals surface area contributed by atoms with Gasteiger partial charge in [0, 0.05) is 19.6 Å². The lowest BCUT2D eigenvalue weighted by atomic mass is 9.99. The lowest BCUT2D eigenvalue weighted by Gasteiger charge is -2.32. The fourth-order valence-electron chi connectivity index (χ4n) is 3.61. The highest BCUT2D eigenvalue weighted by Gasteiger charge is 2.34. The maximum atomic E-state index is 13.2. The summed E-state index contributed by atoms with van der Waals surface area (Å²) in [6.45, 7) is 9.13. The molecule has 1 amide bonds. The maximum Gasteiger partial charge on any atom is 0.243 e. The van der Waals surface area contributed by atoms with Crippen LogP contribution < -0.4 is 5.32 Å². The van der Waals surface area contributed by atoms with E-state index in [1.54, 1.807) is 0 Å². The van der Waals surface area contributed by atoms with Crippen LogP contribution in [0.3, 0.4) is 0 Å². The summed E-state index contributed by atoms with van der Waals surface area (Å²) in [6, 6.07) is 3.80. The van der Waals surface area contributed by atoms with Gasteiger partial charge < -0.3 is 5.32 Å². The molecule has 0 unspecified atom stereocenters. The number of nitrogens with zero attached hydrogens (tertiary/aromatic N) is 1. The first-order chi connectivity index (χ1) is 11.8. The van der Waals surface area contributed by atoms with Crippen LogP contribution in [-0.4, -0.2) is 38.3 Å². The van der Waals surface area contributed by atoms with Crippen molar-refractivity contribution in [3.8, 4) is 0 Å². The number of hydrogen-bond donors (Lipinski definition) is 1. The lowest BCUT2D eigenvalue weighted by Crippen LogP contribution is -2.45. The number of amides is 1. The zero-order chi connectivity index (χ0) is 18.6. The van der Waals surface area contributed by atoms with Crippen LogP contribution in [0.4, 0.5) is 0 Å². The standard InChI is InChI=1S/C19H30N2O3S/c1-5-6-9-20-19(22)17-8-7-10-21(13-17)25(23,24)18-15(3)11-14(2)12-16(18)4/h11-12,17H,5-10,13H2,1-4H3,(H,20,22)/t17-/m0/s1. The van der Waals surface area contributed by atoms with E-state index in [4.69, 9.17) is 0 Å². The van der Waals surface area contributed by atoms with Crippen molar-refractivity contribution in [1.82, 2.24) is 9.62 Å². The van der Waals surface area contributed by atoms with Crippen molar-refractivity contribution in [1.29, 1.82) is 0 Å². The molecular weight excluding hydrogens is 336 g/mol. The number of rotatable bonds is 6. The molecule has 25 heavy (non-hydrogen) atoms. The van der Waals surface area contributed by atoms with Crippen molar-refractivity contribution in [2.24, 2.45) is 5.92 Å². The summed E-state index contributed by atoms with van der Waals surface area (Å²) in [5, 5.41) is 2.93. The molecule has 2 rings (SSSR count). The predicted octanol–water partition coefficient (Wildman–Crippen LogP) is 2.93. The molecule has 0 spiro atoms. The quantitative estimate of drug-likeness (QED) is 0.787. The molecule has 1 saturated heterocycles. The zero-order valence-corrected chi connectivity index (χ0v) is 16.6. The average molecular weight is 367 g/mol. The van der Waals surface area contributed by atoms with Crippen LogP contribution in [0.2, 0.25) is 0 Å². The van der Waals surface area contributed by atoms with Crippen molar-refractivity contribution in [3.05, 3.63) is 28.8 Å². The molecule has 0 saturated carbocycles. The molecule has 0 radical (unpaired) electrons. The second kappa shape index (κ2) is 8.32. The number of benzene rings is 1. The van der Waals surface area contributed by atoms with Gasteiger partial charge in [0.2, 0.25) is 15.9 Å². The summed E-state index contributed by atoms with van der Waals surface area (Å²) in [5.41, 5.74) is 2.60. The fourth-order valence-corrected chi connectivity index (χ4v) is 5.55. The van der Waals surface area contributed by atoms with Gasteiger partial charge in [0.1, 0.15) is 0 Å². The van der Waals surface area contributed by atoms with E-state index < -0.39 is 10.0 Å². The van der Waals surface area contributed by atoms with Gasteiger partial charge in [-0.15, -0.1) is 0 Å². The number of carbonyl (C=O) groups is 1. The molecule has 0 bridgehead atoms. The highest BCUT2D eigenvalue weighted by atomic mass is 32.2. The summed E-state index contributed by atoms with van der Waals surface area (Å²) in [7, 11) is -3.58. The van der Waals surface area contributed by atoms with Crippen LogP contribution in [0.1, 0.15) is 49.3 Å². The van der Waals surface area contributed by atoms with Crippen molar-refractivity contribution >= 4 is 15.9 Å². The van der Waals surface area contributed by atoms with Gasteiger partial charge in [-0.2, -0.15) is 4.31 Å². The van der Waals surface area contributed by atoms with Crippen molar-refractivity contribution in [2.75, 3.05) is 19.6 Å². The summed E-state index contributed by atoms with van der Waals surface area (Å²) in [4.78, 5) is 12.7. The fraction of sp³-hybridized carbons (Fsp3) is 0.632. The van der Waals surface area contributed by atoms with Gasteiger partial charge in [0.05, 0.1) is 10.8 Å². The predicted molar refractivity (Wildman–Crippen MR) is 100 cm³/mol. The molecule has 1 atom stereocenters. The number of piperidine rings is 1. The first-order valence-electron chi connectivity index (χ1n) is 9.13. The molecule has 1 aromatic carbocycles. The second-order valence-corrected chi connectivity index (χ2v) is 8.95. The number of carbonyl (C=O) groups excluding carboxylic acids is 1. The number of aryl methyl sites for hydroxylation is 3. The molecule has 6 heteroatoms. The third kappa shape index (κ3) is 4.61. The van der Waals surface area contributed by atoms with Gasteiger partial charge in [-0.1, -0.05) is 31.0 Å². The topological polar surface area (TPSA) is 66.5 Å². The number of nitrogens with one attached hydrogen (secondary N) is 1. The zero-order valence-electron chi connectivity index (χ0n) is 15.8. The maximum absolute atomic E-state index is 13.2. The Kier molecular flexibility index (Phi) is 6.63. The van der Waals surface area contributed by atoms with E-state index in [0.717, 1.165) is 42.4 Å². The number of hydrogen-bond acceptors (Lipinski definition) is 3. The van der Waals surface area contributed by atoms with Gasteiger partial charge >= 0.3 is 0 Å². The van der Waals surface area contributed by atoms with Crippen LogP contribution in [0.5, 0.6) is 0 Å². The molecule has 1 aliphatic rings. The molecule has 140 valence electrons. The van der Waals surface area contributed by atoms with Crippen molar-refractivity contribution in [3.63, 3.8) is 0 Å². The third-order valence-corrected chi connectivity index (χ3v) is 6.96. The molecule has 0 aromatic heterocycles. The summed E-state index contributed by atoms with van der Waals surface area (Å²) in [5.74, 6) is -0.280. The van der Waals surface area contributed by atoms with Crippen LogP contribution in [0, 0.1) is 26.7 Å². The summed E-state index contributed by atoms with van der Waals surface area (Å²) in [6.07, 6.45) is 3.44. The largest absolute Gasteiger partial charge is 0.356 e. The van der Waals surface area contributed by atoms with E-state index in [0.29, 0.717) is 18.0 Å². The highest BCUT2D eigenvalue weighted by Crippen LogP contribution is 2.28. The summed E-state index contributed by atoms with van der Waals surface area (Å²) < 4.78 is 27.8. The van der Waals surface area contributed by atoms with Crippen molar-refractivity contribution in [2.45, 2.75) is 58.3 Å². The monoisotopic (exact) mass is 366 g/mol. The minimum atomic E-state index is -3.58. The second-order valence-electron chi connectivity index (χ2n) is 7.07. The van der Waals surface area contributed by atoms with E-state index in [1.165, 1.54) is 4.31 Å². The Bertz CT molecular complexity index is 705. The number of unbranched alkanes of at least 4 members (excludes halogenated alkanes) is 1. The van der Waals surface area contributed by atoms with Crippen LogP contribution in [0.25, 0.3) is 0 Å². The Morgan fingerprint density at radius 2 is 1.88 bits per heavy atom. The van der Waals surface area contributed by atoms with Gasteiger partial charge in [-0.3, -0.25) is 4.79 Å². The average Bonchev–Trinajstić information content (AvgIpc) is 2.54. The molecule has 5 nitrogen and oxygen atoms in total. The van der Waals surface area contributed by atoms with Gasteiger partial charge in [0.15, 0.2) is 0 Å². The normalized spacial score (nSPS) is 19.0. The van der Waals surface area contributed by atoms with E-state index in [1.807, 2.05) is 32.9 Å². The molecule has 1 N–H and O–H groups in total. The SMILES string of the molecule is CCCCNC(=O)[C@H]1CCCN(S(=O)(=O)c2c(C)cc(C)cc2C)C1. The first-order valence-corrected chi connectivity index (χ1v) is 10.6. The van der Waals surface area contributed by atoms with Crippen LogP contribution in [-0.2, 0) is 14.8 Å². The molecular formula is C19H30N2O3S. The van der Waals surface area contributed by atoms with Gasteiger partial charge in [-0.05, 0) is 51.2 Å². The smallest absolute Gasteiger partial charge is 0.243 e. The van der Waals surface area contributed by atoms with Gasteiger partial charge in [-0.25, -0.2) is 8.42 Å². The van der Waals surface area contributed by atoms with Gasteiger partial charge in [0.25, 0.3) is 0 Å². The van der Waals surface area contributed by atoms with E-state index in [9.17, 15) is 13.2 Å². The molecule has 1 aliphatic heterocycles. The lowest BCUT2D eigenvalue weighted by molar-refractivity contribution is -0.126. The Balaban J connectivity index is 2.19. The molecule has 1 heterocycles. The van der Waals surface area contributed by atoms with Crippen LogP contribution in [0.15, 0.2) is 17.0 Å². The number of sulfonamides is 1. The van der Waals surface area contributed by atoms with Crippen molar-refractivity contribution < 1.29 is 13.2 Å². The Morgan fingerprint density at radius 3 is 2.48 bits per heavy atom. The molecule has 1 aromatic rings. The Labute approximate surface area is 151 Å². The van der Waals surface area contributed by atoms with E-state index >= 15 is 0 Å². The molecule has 1 fully saturated rings. The van der Waals surface area contributed by atoms with E-state index in [-0.39, 0.29) is 18.4 Å². The Morgan fingerprint density at radius 1 is 1.24 bits per heavy atom. The highest BCUT2D eigenvalue weighted by molar-refractivity contribution is 7.89. The van der Waals surface area contributed by atoms with E-state index in [2.05, 4.69) is 12.2 Å². The molecule has 0 aliphatic carbocycles. The summed E-state index contributed by atoms with van der Waals surface area (Å²) >= 11 is 0. The first kappa shape index (κ1) is 19.9. The minimum Gasteiger partial charge on any atom is -0.356 e.